The SMILES string of the molecule is CCCCC1CCC(C(N)c2cc(C)c(Cl)cc2C)CC1. The zero-order valence-corrected chi connectivity index (χ0v) is 14.5. The highest BCUT2D eigenvalue weighted by molar-refractivity contribution is 6.31. The standard InChI is InChI=1S/C19H30ClN/c1-4-5-6-15-7-9-16(10-8-15)19(21)17-11-14(3)18(20)12-13(17)2/h11-12,15-16,19H,4-10,21H2,1-3H3. The van der Waals surface area contributed by atoms with Gasteiger partial charge in [0.05, 0.1) is 0 Å². The second-order valence-corrected chi connectivity index (χ2v) is 7.31. The van der Waals surface area contributed by atoms with Crippen molar-refractivity contribution < 1.29 is 0 Å². The lowest BCUT2D eigenvalue weighted by atomic mass is 9.75. The highest BCUT2D eigenvalue weighted by atomic mass is 35.5. The third-order valence-corrected chi connectivity index (χ3v) is 5.68. The summed E-state index contributed by atoms with van der Waals surface area (Å²) in [5, 5.41) is 0.853. The van der Waals surface area contributed by atoms with Crippen molar-refractivity contribution in [2.45, 2.75) is 71.8 Å². The maximum absolute atomic E-state index is 6.59. The Labute approximate surface area is 135 Å². The molecule has 0 saturated heterocycles. The van der Waals surface area contributed by atoms with E-state index >= 15 is 0 Å². The van der Waals surface area contributed by atoms with Gasteiger partial charge in [-0.15, -0.1) is 0 Å². The van der Waals surface area contributed by atoms with Crippen LogP contribution >= 0.6 is 11.6 Å². The molecule has 1 saturated carbocycles. The summed E-state index contributed by atoms with van der Waals surface area (Å²) in [5.41, 5.74) is 10.3. The first kappa shape index (κ1) is 16.8. The summed E-state index contributed by atoms with van der Waals surface area (Å²) in [7, 11) is 0. The van der Waals surface area contributed by atoms with Gasteiger partial charge in [-0.25, -0.2) is 0 Å². The van der Waals surface area contributed by atoms with Gasteiger partial charge in [0.1, 0.15) is 0 Å². The van der Waals surface area contributed by atoms with Gasteiger partial charge < -0.3 is 5.73 Å². The molecular formula is C19H30ClN. The predicted octanol–water partition coefficient (Wildman–Crippen LogP) is 5.95. The number of benzene rings is 1. The molecule has 0 spiro atoms. The Morgan fingerprint density at radius 3 is 2.43 bits per heavy atom. The predicted molar refractivity (Wildman–Crippen MR) is 92.8 cm³/mol. The van der Waals surface area contributed by atoms with Crippen molar-refractivity contribution in [1.29, 1.82) is 0 Å². The van der Waals surface area contributed by atoms with E-state index in [9.17, 15) is 0 Å². The minimum atomic E-state index is 0.174. The Morgan fingerprint density at radius 2 is 1.81 bits per heavy atom. The molecule has 0 heterocycles. The van der Waals surface area contributed by atoms with Gasteiger partial charge in [0, 0.05) is 11.1 Å². The Balaban J connectivity index is 1.99. The lowest BCUT2D eigenvalue weighted by molar-refractivity contribution is 0.232. The molecule has 1 unspecified atom stereocenters. The first-order chi connectivity index (χ1) is 10.0. The van der Waals surface area contributed by atoms with E-state index in [1.54, 1.807) is 0 Å². The van der Waals surface area contributed by atoms with E-state index in [1.165, 1.54) is 56.1 Å². The van der Waals surface area contributed by atoms with Crippen LogP contribution in [0.3, 0.4) is 0 Å². The van der Waals surface area contributed by atoms with Crippen molar-refractivity contribution in [2.75, 3.05) is 0 Å². The van der Waals surface area contributed by atoms with Gasteiger partial charge in [-0.2, -0.15) is 0 Å². The number of hydrogen-bond acceptors (Lipinski definition) is 1. The van der Waals surface area contributed by atoms with E-state index in [0.29, 0.717) is 5.92 Å². The summed E-state index contributed by atoms with van der Waals surface area (Å²) < 4.78 is 0. The fraction of sp³-hybridized carbons (Fsp3) is 0.684. The fourth-order valence-corrected chi connectivity index (χ4v) is 3.96. The number of rotatable bonds is 5. The van der Waals surface area contributed by atoms with E-state index in [4.69, 9.17) is 17.3 Å². The molecule has 21 heavy (non-hydrogen) atoms. The molecule has 2 heteroatoms. The molecular weight excluding hydrogens is 278 g/mol. The molecule has 0 amide bonds. The molecule has 1 aromatic carbocycles. The van der Waals surface area contributed by atoms with Crippen LogP contribution in [-0.2, 0) is 0 Å². The average Bonchev–Trinajstić information content (AvgIpc) is 2.48. The third-order valence-electron chi connectivity index (χ3n) is 5.27. The Morgan fingerprint density at radius 1 is 1.14 bits per heavy atom. The zero-order chi connectivity index (χ0) is 15.4. The van der Waals surface area contributed by atoms with Crippen LogP contribution in [0.15, 0.2) is 12.1 Å². The van der Waals surface area contributed by atoms with Crippen molar-refractivity contribution in [2.24, 2.45) is 17.6 Å². The first-order valence-electron chi connectivity index (χ1n) is 8.55. The number of nitrogens with two attached hydrogens (primary N) is 1. The maximum atomic E-state index is 6.59. The molecule has 0 aromatic heterocycles. The van der Waals surface area contributed by atoms with E-state index in [2.05, 4.69) is 32.9 Å². The Bertz CT molecular complexity index is 461. The summed E-state index contributed by atoms with van der Waals surface area (Å²) in [6.45, 7) is 6.49. The van der Waals surface area contributed by atoms with Gasteiger partial charge in [-0.1, -0.05) is 56.7 Å². The molecule has 1 aliphatic rings. The van der Waals surface area contributed by atoms with Crippen LogP contribution in [0, 0.1) is 25.7 Å². The molecule has 0 radical (unpaired) electrons. The molecule has 1 atom stereocenters. The van der Waals surface area contributed by atoms with Crippen LogP contribution in [0.1, 0.15) is 74.6 Å². The van der Waals surface area contributed by atoms with E-state index < -0.39 is 0 Å². The van der Waals surface area contributed by atoms with Gasteiger partial charge in [-0.3, -0.25) is 0 Å². The van der Waals surface area contributed by atoms with Crippen molar-refractivity contribution >= 4 is 11.6 Å². The van der Waals surface area contributed by atoms with Gasteiger partial charge >= 0.3 is 0 Å². The quantitative estimate of drug-likeness (QED) is 0.714. The van der Waals surface area contributed by atoms with Crippen molar-refractivity contribution in [3.8, 4) is 0 Å². The molecule has 1 nitrogen and oxygen atoms in total. The molecule has 2 N–H and O–H groups in total. The van der Waals surface area contributed by atoms with Gasteiger partial charge in [0.2, 0.25) is 0 Å². The number of unbranched alkanes of at least 4 members (excludes halogenated alkanes) is 1. The largest absolute Gasteiger partial charge is 0.324 e. The van der Waals surface area contributed by atoms with E-state index in [-0.39, 0.29) is 6.04 Å². The van der Waals surface area contributed by atoms with Crippen LogP contribution in [0.4, 0.5) is 0 Å². The van der Waals surface area contributed by atoms with Crippen molar-refractivity contribution in [3.05, 3.63) is 33.8 Å². The minimum absolute atomic E-state index is 0.174. The third kappa shape index (κ3) is 4.23. The summed E-state index contributed by atoms with van der Waals surface area (Å²) in [4.78, 5) is 0. The second-order valence-electron chi connectivity index (χ2n) is 6.91. The zero-order valence-electron chi connectivity index (χ0n) is 13.8. The molecule has 0 aliphatic heterocycles. The molecule has 118 valence electrons. The number of halogens is 1. The summed E-state index contributed by atoms with van der Waals surface area (Å²) in [6, 6.07) is 4.44. The molecule has 2 rings (SSSR count). The summed E-state index contributed by atoms with van der Waals surface area (Å²) in [6.07, 6.45) is 9.43. The van der Waals surface area contributed by atoms with Crippen LogP contribution in [0.25, 0.3) is 0 Å². The highest BCUT2D eigenvalue weighted by Gasteiger charge is 2.27. The lowest BCUT2D eigenvalue weighted by Crippen LogP contribution is -2.26. The maximum Gasteiger partial charge on any atom is 0.0438 e. The van der Waals surface area contributed by atoms with E-state index in [0.717, 1.165) is 16.5 Å². The van der Waals surface area contributed by atoms with Gasteiger partial charge in [0.25, 0.3) is 0 Å². The monoisotopic (exact) mass is 307 g/mol. The lowest BCUT2D eigenvalue weighted by Gasteiger charge is -2.33. The van der Waals surface area contributed by atoms with Crippen LogP contribution in [0.2, 0.25) is 5.02 Å². The molecule has 1 aromatic rings. The topological polar surface area (TPSA) is 26.0 Å². The normalized spacial score (nSPS) is 24.0. The molecule has 0 bridgehead atoms. The minimum Gasteiger partial charge on any atom is -0.324 e. The van der Waals surface area contributed by atoms with Crippen LogP contribution in [0.5, 0.6) is 0 Å². The van der Waals surface area contributed by atoms with Gasteiger partial charge in [0.15, 0.2) is 0 Å². The average molecular weight is 308 g/mol. The van der Waals surface area contributed by atoms with E-state index in [1.807, 2.05) is 0 Å². The Kier molecular flexibility index (Phi) is 6.13. The van der Waals surface area contributed by atoms with Crippen LogP contribution < -0.4 is 5.73 Å². The van der Waals surface area contributed by atoms with Crippen molar-refractivity contribution in [3.63, 3.8) is 0 Å². The van der Waals surface area contributed by atoms with Gasteiger partial charge in [-0.05, 0) is 61.3 Å². The highest BCUT2D eigenvalue weighted by Crippen LogP contribution is 2.38. The second kappa shape index (κ2) is 7.65. The number of hydrogen-bond donors (Lipinski definition) is 1. The molecule has 1 fully saturated rings. The Hall–Kier alpha value is -0.530. The fourth-order valence-electron chi connectivity index (χ4n) is 3.75. The van der Waals surface area contributed by atoms with Crippen LogP contribution in [-0.4, -0.2) is 0 Å². The summed E-state index contributed by atoms with van der Waals surface area (Å²) in [5.74, 6) is 1.59. The van der Waals surface area contributed by atoms with Crippen molar-refractivity contribution in [1.82, 2.24) is 0 Å². The summed E-state index contributed by atoms with van der Waals surface area (Å²) >= 11 is 6.20. The molecule has 1 aliphatic carbocycles. The number of aryl methyl sites for hydroxylation is 2. The smallest absolute Gasteiger partial charge is 0.0438 e. The first-order valence-corrected chi connectivity index (χ1v) is 8.93.